The lowest BCUT2D eigenvalue weighted by Crippen LogP contribution is -2.30. The van der Waals surface area contributed by atoms with Gasteiger partial charge >= 0.3 is 0 Å². The maximum absolute atomic E-state index is 12.3. The number of aromatic nitrogens is 1. The molecule has 3 rings (SSSR count). The number of fused-ring (bicyclic) bond motifs is 1. The van der Waals surface area contributed by atoms with Crippen molar-refractivity contribution in [2.75, 3.05) is 5.43 Å². The Balaban J connectivity index is 1.80. The molecule has 4 nitrogen and oxygen atoms in total. The van der Waals surface area contributed by atoms with Gasteiger partial charge in [-0.25, -0.2) is 4.98 Å². The number of para-hydroxylation sites is 1. The molecule has 0 bridgehead atoms. The maximum Gasteiger partial charge on any atom is 0.269 e. The summed E-state index contributed by atoms with van der Waals surface area (Å²) >= 11 is 0. The highest BCUT2D eigenvalue weighted by atomic mass is 16.2. The van der Waals surface area contributed by atoms with E-state index in [4.69, 9.17) is 0 Å². The highest BCUT2D eigenvalue weighted by molar-refractivity contribution is 5.96. The van der Waals surface area contributed by atoms with E-state index < -0.39 is 0 Å². The Kier molecular flexibility index (Phi) is 3.98. The zero-order valence-electron chi connectivity index (χ0n) is 13.5. The van der Waals surface area contributed by atoms with Gasteiger partial charge in [0.05, 0.1) is 5.52 Å². The Morgan fingerprint density at radius 1 is 0.957 bits per heavy atom. The number of carbonyl (C=O) groups is 1. The number of hydrazine groups is 1. The third-order valence-corrected chi connectivity index (χ3v) is 3.86. The van der Waals surface area contributed by atoms with Crippen molar-refractivity contribution in [3.8, 4) is 0 Å². The quantitative estimate of drug-likeness (QED) is 0.721. The molecule has 2 N–H and O–H groups in total. The minimum absolute atomic E-state index is 0.168. The van der Waals surface area contributed by atoms with Gasteiger partial charge in [-0.2, -0.15) is 0 Å². The molecule has 0 aliphatic carbocycles. The van der Waals surface area contributed by atoms with E-state index in [-0.39, 0.29) is 5.91 Å². The second kappa shape index (κ2) is 6.08. The van der Waals surface area contributed by atoms with Crippen LogP contribution in [0.1, 0.15) is 27.0 Å². The van der Waals surface area contributed by atoms with Crippen molar-refractivity contribution in [3.63, 3.8) is 0 Å². The summed E-state index contributed by atoms with van der Waals surface area (Å²) < 4.78 is 0. The standard InChI is InChI=1S/C19H19N3O/c1-12-8-9-13(2)16(10-12)19(23)22-21-18-11-14(3)15-6-4-5-7-17(15)20-18/h4-11H,1-3H3,(H,20,21)(H,22,23). The molecule has 0 aliphatic rings. The average molecular weight is 305 g/mol. The summed E-state index contributed by atoms with van der Waals surface area (Å²) in [6.45, 7) is 5.92. The molecule has 0 atom stereocenters. The van der Waals surface area contributed by atoms with Gasteiger partial charge < -0.3 is 0 Å². The Hall–Kier alpha value is -2.88. The molecule has 0 radical (unpaired) electrons. The lowest BCUT2D eigenvalue weighted by Gasteiger charge is -2.12. The number of nitrogens with zero attached hydrogens (tertiary/aromatic N) is 1. The number of carbonyl (C=O) groups excluding carboxylic acids is 1. The number of hydrogen-bond donors (Lipinski definition) is 2. The number of pyridine rings is 1. The molecule has 3 aromatic rings. The van der Waals surface area contributed by atoms with Crippen LogP contribution in [-0.2, 0) is 0 Å². The SMILES string of the molecule is Cc1ccc(C)c(C(=O)NNc2cc(C)c3ccccc3n2)c1. The number of hydrogen-bond acceptors (Lipinski definition) is 3. The molecule has 0 fully saturated rings. The van der Waals surface area contributed by atoms with Crippen molar-refractivity contribution in [3.05, 3.63) is 70.8 Å². The average Bonchev–Trinajstić information content (AvgIpc) is 2.55. The van der Waals surface area contributed by atoms with Crippen molar-refractivity contribution >= 4 is 22.6 Å². The largest absolute Gasteiger partial charge is 0.282 e. The van der Waals surface area contributed by atoms with Crippen LogP contribution in [0.25, 0.3) is 10.9 Å². The molecule has 0 saturated carbocycles. The summed E-state index contributed by atoms with van der Waals surface area (Å²) in [5.41, 5.74) is 10.3. The number of amides is 1. The normalized spacial score (nSPS) is 10.6. The summed E-state index contributed by atoms with van der Waals surface area (Å²) in [5.74, 6) is 0.457. The number of rotatable bonds is 3. The molecule has 0 unspecified atom stereocenters. The molecule has 1 heterocycles. The lowest BCUT2D eigenvalue weighted by molar-refractivity contribution is 0.0962. The smallest absolute Gasteiger partial charge is 0.269 e. The molecule has 0 saturated heterocycles. The van der Waals surface area contributed by atoms with Crippen LogP contribution < -0.4 is 10.9 Å². The fourth-order valence-corrected chi connectivity index (χ4v) is 2.58. The van der Waals surface area contributed by atoms with Gasteiger partial charge in [0, 0.05) is 10.9 Å². The molecule has 116 valence electrons. The predicted octanol–water partition coefficient (Wildman–Crippen LogP) is 3.92. The van der Waals surface area contributed by atoms with Crippen molar-refractivity contribution in [1.29, 1.82) is 0 Å². The van der Waals surface area contributed by atoms with Gasteiger partial charge in [-0.05, 0) is 50.1 Å². The Morgan fingerprint density at radius 3 is 2.57 bits per heavy atom. The van der Waals surface area contributed by atoms with Crippen LogP contribution in [0.3, 0.4) is 0 Å². The molecule has 4 heteroatoms. The van der Waals surface area contributed by atoms with E-state index >= 15 is 0 Å². The van der Waals surface area contributed by atoms with Crippen molar-refractivity contribution < 1.29 is 4.79 Å². The first kappa shape index (κ1) is 15.0. The Bertz CT molecular complexity index is 887. The molecule has 23 heavy (non-hydrogen) atoms. The molecule has 1 amide bonds. The van der Waals surface area contributed by atoms with Gasteiger partial charge in [0.1, 0.15) is 5.82 Å². The molecule has 0 spiro atoms. The summed E-state index contributed by atoms with van der Waals surface area (Å²) in [6, 6.07) is 15.7. The van der Waals surface area contributed by atoms with Crippen LogP contribution >= 0.6 is 0 Å². The maximum atomic E-state index is 12.3. The molecule has 1 aromatic heterocycles. The van der Waals surface area contributed by atoms with Crippen LogP contribution in [0.4, 0.5) is 5.82 Å². The Morgan fingerprint density at radius 2 is 1.74 bits per heavy atom. The second-order valence-electron chi connectivity index (χ2n) is 5.74. The van der Waals surface area contributed by atoms with E-state index in [0.29, 0.717) is 11.4 Å². The van der Waals surface area contributed by atoms with Crippen molar-refractivity contribution in [2.45, 2.75) is 20.8 Å². The zero-order valence-corrected chi connectivity index (χ0v) is 13.5. The van der Waals surface area contributed by atoms with E-state index in [1.807, 2.05) is 69.3 Å². The summed E-state index contributed by atoms with van der Waals surface area (Å²) in [5, 5.41) is 1.11. The predicted molar refractivity (Wildman–Crippen MR) is 93.5 cm³/mol. The van der Waals surface area contributed by atoms with Gasteiger partial charge in [0.2, 0.25) is 0 Å². The lowest BCUT2D eigenvalue weighted by atomic mass is 10.1. The van der Waals surface area contributed by atoms with Crippen LogP contribution in [-0.4, -0.2) is 10.9 Å². The number of nitrogens with one attached hydrogen (secondary N) is 2. The van der Waals surface area contributed by atoms with Crippen LogP contribution in [0, 0.1) is 20.8 Å². The fourth-order valence-electron chi connectivity index (χ4n) is 2.58. The molecule has 2 aromatic carbocycles. The van der Waals surface area contributed by atoms with Gasteiger partial charge in [-0.3, -0.25) is 15.6 Å². The first-order valence-corrected chi connectivity index (χ1v) is 7.54. The number of anilines is 1. The van der Waals surface area contributed by atoms with Crippen LogP contribution in [0.15, 0.2) is 48.5 Å². The number of aryl methyl sites for hydroxylation is 3. The van der Waals surface area contributed by atoms with E-state index in [0.717, 1.165) is 27.6 Å². The van der Waals surface area contributed by atoms with Crippen LogP contribution in [0.2, 0.25) is 0 Å². The minimum Gasteiger partial charge on any atom is -0.282 e. The second-order valence-corrected chi connectivity index (χ2v) is 5.74. The monoisotopic (exact) mass is 305 g/mol. The minimum atomic E-state index is -0.168. The van der Waals surface area contributed by atoms with Gasteiger partial charge in [-0.1, -0.05) is 35.9 Å². The summed E-state index contributed by atoms with van der Waals surface area (Å²) in [7, 11) is 0. The molecular weight excluding hydrogens is 286 g/mol. The first-order chi connectivity index (χ1) is 11.0. The summed E-state index contributed by atoms with van der Waals surface area (Å²) in [6.07, 6.45) is 0. The third-order valence-electron chi connectivity index (χ3n) is 3.86. The van der Waals surface area contributed by atoms with Gasteiger partial charge in [0.15, 0.2) is 0 Å². The van der Waals surface area contributed by atoms with Gasteiger partial charge in [0.25, 0.3) is 5.91 Å². The van der Waals surface area contributed by atoms with E-state index in [9.17, 15) is 4.79 Å². The fraction of sp³-hybridized carbons (Fsp3) is 0.158. The third kappa shape index (κ3) is 3.16. The van der Waals surface area contributed by atoms with E-state index in [2.05, 4.69) is 15.8 Å². The Labute approximate surface area is 135 Å². The zero-order chi connectivity index (χ0) is 16.4. The highest BCUT2D eigenvalue weighted by Crippen LogP contribution is 2.19. The first-order valence-electron chi connectivity index (χ1n) is 7.54. The topological polar surface area (TPSA) is 54.0 Å². The van der Waals surface area contributed by atoms with E-state index in [1.54, 1.807) is 0 Å². The molecule has 0 aliphatic heterocycles. The van der Waals surface area contributed by atoms with Crippen LogP contribution in [0.5, 0.6) is 0 Å². The number of benzene rings is 2. The van der Waals surface area contributed by atoms with Crippen molar-refractivity contribution in [1.82, 2.24) is 10.4 Å². The van der Waals surface area contributed by atoms with Gasteiger partial charge in [-0.15, -0.1) is 0 Å². The van der Waals surface area contributed by atoms with Crippen molar-refractivity contribution in [2.24, 2.45) is 0 Å². The molecular formula is C19H19N3O. The van der Waals surface area contributed by atoms with E-state index in [1.165, 1.54) is 0 Å². The summed E-state index contributed by atoms with van der Waals surface area (Å²) in [4.78, 5) is 16.9. The highest BCUT2D eigenvalue weighted by Gasteiger charge is 2.09.